The van der Waals surface area contributed by atoms with Gasteiger partial charge in [0.1, 0.15) is 5.82 Å². The number of amides is 1. The van der Waals surface area contributed by atoms with E-state index in [-0.39, 0.29) is 11.9 Å². The summed E-state index contributed by atoms with van der Waals surface area (Å²) in [5, 5.41) is 12.0. The van der Waals surface area contributed by atoms with Gasteiger partial charge in [-0.25, -0.2) is 0 Å². The summed E-state index contributed by atoms with van der Waals surface area (Å²) in [5.41, 5.74) is 5.64. The molecule has 1 aromatic heterocycles. The normalized spacial score (nSPS) is 11.1. The van der Waals surface area contributed by atoms with Gasteiger partial charge in [0.25, 0.3) is 0 Å². The summed E-state index contributed by atoms with van der Waals surface area (Å²) < 4.78 is 2.00. The van der Waals surface area contributed by atoms with Gasteiger partial charge in [-0.1, -0.05) is 32.5 Å². The summed E-state index contributed by atoms with van der Waals surface area (Å²) >= 11 is 1.42. The molecule has 114 valence electrons. The predicted octanol–water partition coefficient (Wildman–Crippen LogP) is 1.54. The van der Waals surface area contributed by atoms with Gasteiger partial charge in [-0.2, -0.15) is 0 Å². The van der Waals surface area contributed by atoms with E-state index in [0.29, 0.717) is 12.3 Å². The van der Waals surface area contributed by atoms with Crippen LogP contribution in [0, 0.1) is 0 Å². The van der Waals surface area contributed by atoms with E-state index in [4.69, 9.17) is 5.73 Å². The van der Waals surface area contributed by atoms with Crippen molar-refractivity contribution in [2.75, 3.05) is 5.75 Å². The second-order valence-electron chi connectivity index (χ2n) is 4.62. The average molecular weight is 299 g/mol. The molecular weight excluding hydrogens is 274 g/mol. The predicted molar refractivity (Wildman–Crippen MR) is 81.4 cm³/mol. The number of aromatic nitrogens is 3. The Morgan fingerprint density at radius 2 is 2.05 bits per heavy atom. The topological polar surface area (TPSA) is 85.8 Å². The van der Waals surface area contributed by atoms with E-state index in [1.54, 1.807) is 0 Å². The van der Waals surface area contributed by atoms with E-state index in [1.165, 1.54) is 11.8 Å². The Balaban J connectivity index is 2.56. The Labute approximate surface area is 124 Å². The van der Waals surface area contributed by atoms with Gasteiger partial charge in [0, 0.05) is 12.6 Å². The zero-order valence-electron chi connectivity index (χ0n) is 12.6. The van der Waals surface area contributed by atoms with Gasteiger partial charge in [-0.15, -0.1) is 10.2 Å². The maximum atomic E-state index is 11.9. The number of rotatable bonds is 9. The summed E-state index contributed by atoms with van der Waals surface area (Å²) in [6.07, 6.45) is 2.89. The summed E-state index contributed by atoms with van der Waals surface area (Å²) in [5.74, 6) is 1.18. The van der Waals surface area contributed by atoms with Crippen molar-refractivity contribution < 1.29 is 4.79 Å². The molecule has 0 saturated heterocycles. The number of nitrogens with zero attached hydrogens (tertiary/aromatic N) is 3. The Morgan fingerprint density at radius 3 is 2.60 bits per heavy atom. The van der Waals surface area contributed by atoms with Crippen LogP contribution < -0.4 is 11.1 Å². The van der Waals surface area contributed by atoms with E-state index in [1.807, 2.05) is 4.57 Å². The number of carbonyl (C=O) groups excluding carboxylic acids is 1. The van der Waals surface area contributed by atoms with Gasteiger partial charge >= 0.3 is 0 Å². The first-order valence-electron chi connectivity index (χ1n) is 7.20. The highest BCUT2D eigenvalue weighted by Crippen LogP contribution is 2.17. The molecule has 3 N–H and O–H groups in total. The third-order valence-electron chi connectivity index (χ3n) is 3.11. The molecule has 0 bridgehead atoms. The molecular formula is C13H25N5OS. The molecule has 1 amide bonds. The fourth-order valence-corrected chi connectivity index (χ4v) is 2.71. The molecule has 0 aromatic carbocycles. The minimum Gasteiger partial charge on any atom is -0.353 e. The van der Waals surface area contributed by atoms with Crippen LogP contribution in [0.15, 0.2) is 5.16 Å². The van der Waals surface area contributed by atoms with E-state index in [9.17, 15) is 4.79 Å². The molecule has 0 aliphatic heterocycles. The molecule has 1 heterocycles. The van der Waals surface area contributed by atoms with Crippen molar-refractivity contribution in [2.45, 2.75) is 64.3 Å². The van der Waals surface area contributed by atoms with Crippen LogP contribution in [0.5, 0.6) is 0 Å². The monoisotopic (exact) mass is 299 g/mol. The van der Waals surface area contributed by atoms with E-state index in [2.05, 4.69) is 36.3 Å². The lowest BCUT2D eigenvalue weighted by Crippen LogP contribution is -2.35. The first-order valence-corrected chi connectivity index (χ1v) is 8.19. The van der Waals surface area contributed by atoms with Crippen LogP contribution in [0.4, 0.5) is 0 Å². The quantitative estimate of drug-likeness (QED) is 0.676. The van der Waals surface area contributed by atoms with Crippen LogP contribution in [-0.2, 0) is 17.9 Å². The second-order valence-corrected chi connectivity index (χ2v) is 5.57. The lowest BCUT2D eigenvalue weighted by molar-refractivity contribution is -0.119. The fraction of sp³-hybridized carbons (Fsp3) is 0.769. The molecule has 0 aliphatic rings. The molecule has 1 rings (SSSR count). The molecule has 0 spiro atoms. The summed E-state index contributed by atoms with van der Waals surface area (Å²) in [7, 11) is 0. The first-order chi connectivity index (χ1) is 9.65. The molecule has 0 aliphatic carbocycles. The minimum absolute atomic E-state index is 0.0454. The van der Waals surface area contributed by atoms with Crippen LogP contribution in [0.1, 0.15) is 45.9 Å². The standard InChI is InChI=1S/C13H25N5OS/c1-4-7-18-11(8-14)16-17-13(18)20-9-12(19)15-10(5-2)6-3/h10H,4-9,14H2,1-3H3,(H,15,19). The van der Waals surface area contributed by atoms with E-state index in [0.717, 1.165) is 36.8 Å². The Kier molecular flexibility index (Phi) is 7.61. The first kappa shape index (κ1) is 17.0. The zero-order chi connectivity index (χ0) is 15.0. The number of hydrogen-bond acceptors (Lipinski definition) is 5. The lowest BCUT2D eigenvalue weighted by atomic mass is 10.2. The lowest BCUT2D eigenvalue weighted by Gasteiger charge is -2.14. The average Bonchev–Trinajstić information content (AvgIpc) is 2.85. The van der Waals surface area contributed by atoms with Gasteiger partial charge in [-0.05, 0) is 19.3 Å². The number of nitrogens with two attached hydrogens (primary N) is 1. The smallest absolute Gasteiger partial charge is 0.230 e. The highest BCUT2D eigenvalue weighted by molar-refractivity contribution is 7.99. The maximum absolute atomic E-state index is 11.9. The van der Waals surface area contributed by atoms with Crippen molar-refractivity contribution in [3.05, 3.63) is 5.82 Å². The van der Waals surface area contributed by atoms with Gasteiger partial charge in [-0.3, -0.25) is 4.79 Å². The molecule has 0 radical (unpaired) electrons. The highest BCUT2D eigenvalue weighted by atomic mass is 32.2. The number of thioether (sulfide) groups is 1. The van der Waals surface area contributed by atoms with Crippen molar-refractivity contribution in [1.82, 2.24) is 20.1 Å². The van der Waals surface area contributed by atoms with Crippen molar-refractivity contribution in [1.29, 1.82) is 0 Å². The zero-order valence-corrected chi connectivity index (χ0v) is 13.4. The van der Waals surface area contributed by atoms with Crippen LogP contribution in [0.2, 0.25) is 0 Å². The molecule has 20 heavy (non-hydrogen) atoms. The molecule has 0 unspecified atom stereocenters. The highest BCUT2D eigenvalue weighted by Gasteiger charge is 2.14. The van der Waals surface area contributed by atoms with Gasteiger partial charge < -0.3 is 15.6 Å². The summed E-state index contributed by atoms with van der Waals surface area (Å²) in [6.45, 7) is 7.44. The third kappa shape index (κ3) is 4.79. The summed E-state index contributed by atoms with van der Waals surface area (Å²) in [6, 6.07) is 0.260. The van der Waals surface area contributed by atoms with E-state index >= 15 is 0 Å². The SMILES string of the molecule is CCCn1c(CN)nnc1SCC(=O)NC(CC)CC. The molecule has 0 atom stereocenters. The van der Waals surface area contributed by atoms with Gasteiger partial charge in [0.2, 0.25) is 5.91 Å². The Morgan fingerprint density at radius 1 is 1.35 bits per heavy atom. The molecule has 0 saturated carbocycles. The number of carbonyl (C=O) groups is 1. The van der Waals surface area contributed by atoms with Crippen molar-refractivity contribution in [3.8, 4) is 0 Å². The van der Waals surface area contributed by atoms with Crippen molar-refractivity contribution >= 4 is 17.7 Å². The molecule has 1 aromatic rings. The largest absolute Gasteiger partial charge is 0.353 e. The van der Waals surface area contributed by atoms with Gasteiger partial charge in [0.15, 0.2) is 5.16 Å². The molecule has 7 heteroatoms. The fourth-order valence-electron chi connectivity index (χ4n) is 1.92. The Hall–Kier alpha value is -1.08. The van der Waals surface area contributed by atoms with Crippen molar-refractivity contribution in [2.24, 2.45) is 5.73 Å². The maximum Gasteiger partial charge on any atom is 0.230 e. The minimum atomic E-state index is 0.0454. The Bertz CT molecular complexity index is 417. The van der Waals surface area contributed by atoms with Crippen LogP contribution in [0.25, 0.3) is 0 Å². The van der Waals surface area contributed by atoms with Crippen LogP contribution in [-0.4, -0.2) is 32.5 Å². The summed E-state index contributed by atoms with van der Waals surface area (Å²) in [4.78, 5) is 11.9. The third-order valence-corrected chi connectivity index (χ3v) is 4.07. The molecule has 6 nitrogen and oxygen atoms in total. The van der Waals surface area contributed by atoms with Crippen LogP contribution in [0.3, 0.4) is 0 Å². The second kappa shape index (κ2) is 8.97. The van der Waals surface area contributed by atoms with Gasteiger partial charge in [0.05, 0.1) is 12.3 Å². The van der Waals surface area contributed by atoms with Crippen LogP contribution >= 0.6 is 11.8 Å². The number of nitrogens with one attached hydrogen (secondary N) is 1. The van der Waals surface area contributed by atoms with E-state index < -0.39 is 0 Å². The van der Waals surface area contributed by atoms with Crippen molar-refractivity contribution in [3.63, 3.8) is 0 Å². The number of hydrogen-bond donors (Lipinski definition) is 2. The molecule has 0 fully saturated rings.